The Bertz CT molecular complexity index is 1120. The predicted molar refractivity (Wildman–Crippen MR) is 105 cm³/mol. The molecule has 128 valence electrons. The molecule has 3 aromatic carbocycles. The standard InChI is InChI=1S/C22H18N2O2/c25-21-11-10-16(15-6-2-1-3-7-15)13-20(21)23-14-18-12-17-8-4-5-9-19(17)24-22(18)26/h1-13,23,25H,14H2,(H,24,26). The van der Waals surface area contributed by atoms with Gasteiger partial charge in [-0.15, -0.1) is 0 Å². The molecule has 0 saturated heterocycles. The summed E-state index contributed by atoms with van der Waals surface area (Å²) < 4.78 is 0. The highest BCUT2D eigenvalue weighted by molar-refractivity contribution is 5.79. The molecule has 0 aliphatic heterocycles. The van der Waals surface area contributed by atoms with E-state index in [0.717, 1.165) is 22.0 Å². The average molecular weight is 342 g/mol. The van der Waals surface area contributed by atoms with Gasteiger partial charge in [-0.3, -0.25) is 4.79 Å². The molecule has 26 heavy (non-hydrogen) atoms. The van der Waals surface area contributed by atoms with Crippen LogP contribution in [-0.2, 0) is 6.54 Å². The van der Waals surface area contributed by atoms with Gasteiger partial charge in [0.15, 0.2) is 0 Å². The first-order chi connectivity index (χ1) is 12.7. The van der Waals surface area contributed by atoms with Crippen LogP contribution in [0.25, 0.3) is 22.0 Å². The van der Waals surface area contributed by atoms with Crippen molar-refractivity contribution in [2.75, 3.05) is 5.32 Å². The van der Waals surface area contributed by atoms with E-state index < -0.39 is 0 Å². The minimum absolute atomic E-state index is 0.130. The summed E-state index contributed by atoms with van der Waals surface area (Å²) in [7, 11) is 0. The number of para-hydroxylation sites is 1. The lowest BCUT2D eigenvalue weighted by atomic mass is 10.0. The van der Waals surface area contributed by atoms with Gasteiger partial charge in [-0.05, 0) is 40.8 Å². The quantitative estimate of drug-likeness (QED) is 0.478. The van der Waals surface area contributed by atoms with E-state index in [2.05, 4.69) is 10.3 Å². The van der Waals surface area contributed by atoms with Crippen LogP contribution < -0.4 is 10.9 Å². The Balaban J connectivity index is 1.62. The zero-order chi connectivity index (χ0) is 17.9. The molecule has 0 spiro atoms. The number of hydrogen-bond acceptors (Lipinski definition) is 3. The van der Waals surface area contributed by atoms with Crippen LogP contribution in [0.4, 0.5) is 5.69 Å². The minimum Gasteiger partial charge on any atom is -0.506 e. The van der Waals surface area contributed by atoms with E-state index in [9.17, 15) is 9.90 Å². The van der Waals surface area contributed by atoms with E-state index in [4.69, 9.17) is 0 Å². The summed E-state index contributed by atoms with van der Waals surface area (Å²) in [4.78, 5) is 15.2. The molecule has 0 unspecified atom stereocenters. The monoisotopic (exact) mass is 342 g/mol. The maximum absolute atomic E-state index is 12.3. The summed E-state index contributed by atoms with van der Waals surface area (Å²) in [6.07, 6.45) is 0. The van der Waals surface area contributed by atoms with Crippen LogP contribution in [0.2, 0.25) is 0 Å². The van der Waals surface area contributed by atoms with Gasteiger partial charge in [0.2, 0.25) is 0 Å². The third-order valence-corrected chi connectivity index (χ3v) is 4.40. The van der Waals surface area contributed by atoms with E-state index in [1.807, 2.05) is 72.8 Å². The lowest BCUT2D eigenvalue weighted by molar-refractivity contribution is 0.477. The molecule has 4 heteroatoms. The fraction of sp³-hybridized carbons (Fsp3) is 0.0455. The molecule has 0 bridgehead atoms. The third kappa shape index (κ3) is 3.17. The number of nitrogens with one attached hydrogen (secondary N) is 2. The lowest BCUT2D eigenvalue weighted by Crippen LogP contribution is -2.15. The van der Waals surface area contributed by atoms with Crippen LogP contribution in [0, 0.1) is 0 Å². The minimum atomic E-state index is -0.130. The van der Waals surface area contributed by atoms with Crippen molar-refractivity contribution >= 4 is 16.6 Å². The molecule has 1 heterocycles. The Morgan fingerprint density at radius 2 is 1.62 bits per heavy atom. The Kier molecular flexibility index (Phi) is 4.15. The molecule has 0 radical (unpaired) electrons. The van der Waals surface area contributed by atoms with Gasteiger partial charge in [0.05, 0.1) is 5.69 Å². The fourth-order valence-corrected chi connectivity index (χ4v) is 3.00. The highest BCUT2D eigenvalue weighted by Crippen LogP contribution is 2.30. The summed E-state index contributed by atoms with van der Waals surface area (Å²) in [6, 6.07) is 24.9. The van der Waals surface area contributed by atoms with E-state index in [-0.39, 0.29) is 11.3 Å². The van der Waals surface area contributed by atoms with Gasteiger partial charge >= 0.3 is 0 Å². The van der Waals surface area contributed by atoms with Crippen molar-refractivity contribution in [2.45, 2.75) is 6.54 Å². The van der Waals surface area contributed by atoms with Crippen molar-refractivity contribution in [1.29, 1.82) is 0 Å². The largest absolute Gasteiger partial charge is 0.506 e. The number of phenolic OH excluding ortho intramolecular Hbond substituents is 1. The Labute approximate surface area is 150 Å². The fourth-order valence-electron chi connectivity index (χ4n) is 3.00. The molecule has 4 aromatic rings. The second kappa shape index (κ2) is 6.76. The SMILES string of the molecule is O=c1[nH]c2ccccc2cc1CNc1cc(-c2ccccc2)ccc1O. The number of phenols is 1. The molecule has 4 rings (SSSR count). The molecule has 0 saturated carbocycles. The molecular weight excluding hydrogens is 324 g/mol. The molecular formula is C22H18N2O2. The molecule has 0 amide bonds. The topological polar surface area (TPSA) is 65.1 Å². The zero-order valence-corrected chi connectivity index (χ0v) is 14.1. The van der Waals surface area contributed by atoms with Gasteiger partial charge < -0.3 is 15.4 Å². The third-order valence-electron chi connectivity index (χ3n) is 4.40. The number of benzene rings is 3. The van der Waals surface area contributed by atoms with Crippen molar-refractivity contribution in [2.24, 2.45) is 0 Å². The summed E-state index contributed by atoms with van der Waals surface area (Å²) in [5.41, 5.74) is 3.97. The molecule has 0 aliphatic rings. The summed E-state index contributed by atoms with van der Waals surface area (Å²) >= 11 is 0. The first-order valence-electron chi connectivity index (χ1n) is 8.44. The van der Waals surface area contributed by atoms with E-state index in [0.29, 0.717) is 17.8 Å². The number of aromatic amines is 1. The smallest absolute Gasteiger partial charge is 0.253 e. The van der Waals surface area contributed by atoms with Gasteiger partial charge in [-0.2, -0.15) is 0 Å². The van der Waals surface area contributed by atoms with Gasteiger partial charge in [0.25, 0.3) is 5.56 Å². The first kappa shape index (κ1) is 16.0. The van der Waals surface area contributed by atoms with Crippen LogP contribution in [-0.4, -0.2) is 10.1 Å². The maximum Gasteiger partial charge on any atom is 0.253 e. The van der Waals surface area contributed by atoms with Gasteiger partial charge in [0, 0.05) is 17.6 Å². The highest BCUT2D eigenvalue weighted by atomic mass is 16.3. The summed E-state index contributed by atoms with van der Waals surface area (Å²) in [5.74, 6) is 0.155. The molecule has 1 aromatic heterocycles. The van der Waals surface area contributed by atoms with E-state index >= 15 is 0 Å². The maximum atomic E-state index is 12.3. The molecule has 3 N–H and O–H groups in total. The van der Waals surface area contributed by atoms with Crippen LogP contribution >= 0.6 is 0 Å². The average Bonchev–Trinajstić information content (AvgIpc) is 2.68. The lowest BCUT2D eigenvalue weighted by Gasteiger charge is -2.11. The van der Waals surface area contributed by atoms with Crippen LogP contribution in [0.5, 0.6) is 5.75 Å². The number of hydrogen-bond donors (Lipinski definition) is 3. The molecule has 4 nitrogen and oxygen atoms in total. The van der Waals surface area contributed by atoms with Crippen molar-refractivity contribution < 1.29 is 5.11 Å². The molecule has 0 fully saturated rings. The van der Waals surface area contributed by atoms with Crippen molar-refractivity contribution in [3.8, 4) is 16.9 Å². The number of aromatic nitrogens is 1. The molecule has 0 atom stereocenters. The number of aromatic hydroxyl groups is 1. The predicted octanol–water partition coefficient (Wildman–Crippen LogP) is 4.51. The number of rotatable bonds is 4. The molecule has 0 aliphatic carbocycles. The Morgan fingerprint density at radius 1 is 0.846 bits per heavy atom. The van der Waals surface area contributed by atoms with E-state index in [1.165, 1.54) is 0 Å². The van der Waals surface area contributed by atoms with E-state index in [1.54, 1.807) is 6.07 Å². The van der Waals surface area contributed by atoms with Gasteiger partial charge in [-0.1, -0.05) is 54.6 Å². The number of anilines is 1. The number of fused-ring (bicyclic) bond motifs is 1. The Morgan fingerprint density at radius 3 is 2.46 bits per heavy atom. The Hall–Kier alpha value is -3.53. The summed E-state index contributed by atoms with van der Waals surface area (Å²) in [6.45, 7) is 0.325. The van der Waals surface area contributed by atoms with Crippen molar-refractivity contribution in [1.82, 2.24) is 4.98 Å². The highest BCUT2D eigenvalue weighted by Gasteiger charge is 2.07. The van der Waals surface area contributed by atoms with Crippen LogP contribution in [0.1, 0.15) is 5.56 Å². The van der Waals surface area contributed by atoms with Crippen molar-refractivity contribution in [3.63, 3.8) is 0 Å². The zero-order valence-electron chi connectivity index (χ0n) is 14.1. The second-order valence-electron chi connectivity index (χ2n) is 6.16. The normalized spacial score (nSPS) is 10.8. The van der Waals surface area contributed by atoms with Crippen LogP contribution in [0.3, 0.4) is 0 Å². The van der Waals surface area contributed by atoms with Gasteiger partial charge in [0.1, 0.15) is 5.75 Å². The number of pyridine rings is 1. The first-order valence-corrected chi connectivity index (χ1v) is 8.44. The summed E-state index contributed by atoms with van der Waals surface area (Å²) in [5, 5.41) is 14.3. The van der Waals surface area contributed by atoms with Crippen LogP contribution in [0.15, 0.2) is 83.7 Å². The van der Waals surface area contributed by atoms with Gasteiger partial charge in [-0.25, -0.2) is 0 Å². The van der Waals surface area contributed by atoms with Crippen molar-refractivity contribution in [3.05, 3.63) is 94.8 Å². The second-order valence-corrected chi connectivity index (χ2v) is 6.16. The number of H-pyrrole nitrogens is 1.